The maximum absolute atomic E-state index is 11.6. The molecule has 7 heteroatoms. The van der Waals surface area contributed by atoms with Gasteiger partial charge in [-0.05, 0) is 19.1 Å². The van der Waals surface area contributed by atoms with E-state index in [0.29, 0.717) is 6.54 Å². The van der Waals surface area contributed by atoms with Crippen molar-refractivity contribution in [3.05, 3.63) is 36.8 Å². The van der Waals surface area contributed by atoms with Crippen LogP contribution in [0.25, 0.3) is 0 Å². The molecule has 2 heterocycles. The van der Waals surface area contributed by atoms with Crippen LogP contribution in [0, 0.1) is 0 Å². The maximum atomic E-state index is 11.6. The highest BCUT2D eigenvalue weighted by atomic mass is 16.3. The van der Waals surface area contributed by atoms with E-state index < -0.39 is 11.7 Å². The van der Waals surface area contributed by atoms with Gasteiger partial charge in [-0.25, -0.2) is 4.98 Å². The molecule has 0 saturated carbocycles. The standard InChI is InChI=1S/C11H12N4O3/c1-8(5-15-7-12-6-13-15)14-11(17)10(16)9-3-2-4-18-9/h2-4,6-8H,5H2,1H3,(H,14,17). The van der Waals surface area contributed by atoms with Crippen molar-refractivity contribution >= 4 is 11.7 Å². The lowest BCUT2D eigenvalue weighted by Gasteiger charge is -2.12. The lowest BCUT2D eigenvalue weighted by atomic mass is 10.2. The van der Waals surface area contributed by atoms with Crippen LogP contribution in [0.1, 0.15) is 17.5 Å². The number of nitrogens with one attached hydrogen (secondary N) is 1. The smallest absolute Gasteiger partial charge is 0.296 e. The SMILES string of the molecule is CC(Cn1cncn1)NC(=O)C(=O)c1ccco1. The van der Waals surface area contributed by atoms with E-state index in [2.05, 4.69) is 15.4 Å². The molecule has 0 aromatic carbocycles. The second kappa shape index (κ2) is 5.26. The molecule has 2 aromatic rings. The first-order valence-corrected chi connectivity index (χ1v) is 5.38. The molecule has 0 aliphatic heterocycles. The van der Waals surface area contributed by atoms with Gasteiger partial charge in [0.05, 0.1) is 12.8 Å². The number of carbonyl (C=O) groups excluding carboxylic acids is 2. The predicted molar refractivity (Wildman–Crippen MR) is 60.7 cm³/mol. The van der Waals surface area contributed by atoms with Crippen molar-refractivity contribution in [1.82, 2.24) is 20.1 Å². The van der Waals surface area contributed by atoms with Crippen LogP contribution in [-0.4, -0.2) is 32.5 Å². The number of amides is 1. The molecule has 1 amide bonds. The van der Waals surface area contributed by atoms with E-state index in [1.807, 2.05) is 0 Å². The fourth-order valence-corrected chi connectivity index (χ4v) is 1.46. The van der Waals surface area contributed by atoms with Gasteiger partial charge in [-0.2, -0.15) is 5.10 Å². The van der Waals surface area contributed by atoms with E-state index in [1.54, 1.807) is 17.7 Å². The van der Waals surface area contributed by atoms with Crippen LogP contribution in [0.3, 0.4) is 0 Å². The number of hydrogen-bond acceptors (Lipinski definition) is 5. The Labute approximate surface area is 103 Å². The Bertz CT molecular complexity index is 518. The van der Waals surface area contributed by atoms with Crippen molar-refractivity contribution < 1.29 is 14.0 Å². The topological polar surface area (TPSA) is 90.0 Å². The summed E-state index contributed by atoms with van der Waals surface area (Å²) in [6.45, 7) is 2.21. The van der Waals surface area contributed by atoms with E-state index in [0.717, 1.165) is 0 Å². The normalized spacial score (nSPS) is 12.1. The summed E-state index contributed by atoms with van der Waals surface area (Å²) in [5, 5.41) is 6.48. The molecule has 1 unspecified atom stereocenters. The van der Waals surface area contributed by atoms with Gasteiger partial charge < -0.3 is 9.73 Å². The number of carbonyl (C=O) groups is 2. The lowest BCUT2D eigenvalue weighted by molar-refractivity contribution is -0.117. The summed E-state index contributed by atoms with van der Waals surface area (Å²) in [6.07, 6.45) is 4.29. The van der Waals surface area contributed by atoms with E-state index in [9.17, 15) is 9.59 Å². The molecule has 0 aliphatic carbocycles. The summed E-state index contributed by atoms with van der Waals surface area (Å²) in [7, 11) is 0. The van der Waals surface area contributed by atoms with Crippen molar-refractivity contribution in [3.63, 3.8) is 0 Å². The molecule has 0 saturated heterocycles. The van der Waals surface area contributed by atoms with Gasteiger partial charge in [-0.1, -0.05) is 0 Å². The van der Waals surface area contributed by atoms with Crippen molar-refractivity contribution in [2.75, 3.05) is 0 Å². The van der Waals surface area contributed by atoms with Crippen LogP contribution in [-0.2, 0) is 11.3 Å². The van der Waals surface area contributed by atoms with E-state index >= 15 is 0 Å². The molecule has 94 valence electrons. The van der Waals surface area contributed by atoms with Crippen LogP contribution >= 0.6 is 0 Å². The molecule has 1 atom stereocenters. The number of furan rings is 1. The Kier molecular flexibility index (Phi) is 3.52. The first-order chi connectivity index (χ1) is 8.66. The second-order valence-corrected chi connectivity index (χ2v) is 3.80. The summed E-state index contributed by atoms with van der Waals surface area (Å²) >= 11 is 0. The van der Waals surface area contributed by atoms with Crippen molar-refractivity contribution in [3.8, 4) is 0 Å². The van der Waals surface area contributed by atoms with Crippen LogP contribution < -0.4 is 5.32 Å². The third-order valence-corrected chi connectivity index (χ3v) is 2.26. The number of rotatable bonds is 5. The first-order valence-electron chi connectivity index (χ1n) is 5.38. The van der Waals surface area contributed by atoms with Crippen molar-refractivity contribution in [2.24, 2.45) is 0 Å². The molecule has 7 nitrogen and oxygen atoms in total. The molecule has 2 rings (SSSR count). The van der Waals surface area contributed by atoms with E-state index in [-0.39, 0.29) is 11.8 Å². The lowest BCUT2D eigenvalue weighted by Crippen LogP contribution is -2.39. The summed E-state index contributed by atoms with van der Waals surface area (Å²) in [6, 6.07) is 2.77. The third-order valence-electron chi connectivity index (χ3n) is 2.26. The molecule has 2 aromatic heterocycles. The fourth-order valence-electron chi connectivity index (χ4n) is 1.46. The predicted octanol–water partition coefficient (Wildman–Crippen LogP) is 0.259. The monoisotopic (exact) mass is 248 g/mol. The average Bonchev–Trinajstić information content (AvgIpc) is 2.99. The summed E-state index contributed by atoms with van der Waals surface area (Å²) < 4.78 is 6.44. The van der Waals surface area contributed by atoms with Gasteiger partial charge in [0, 0.05) is 6.04 Å². The Balaban J connectivity index is 1.89. The van der Waals surface area contributed by atoms with Crippen LogP contribution in [0.4, 0.5) is 0 Å². The van der Waals surface area contributed by atoms with Gasteiger partial charge in [-0.3, -0.25) is 14.3 Å². The fraction of sp³-hybridized carbons (Fsp3) is 0.273. The Morgan fingerprint density at radius 1 is 1.56 bits per heavy atom. The minimum atomic E-state index is -0.697. The van der Waals surface area contributed by atoms with Gasteiger partial charge in [-0.15, -0.1) is 0 Å². The Morgan fingerprint density at radius 3 is 3.00 bits per heavy atom. The molecule has 0 fully saturated rings. The highest BCUT2D eigenvalue weighted by Crippen LogP contribution is 2.01. The number of Topliss-reactive ketones (excluding diaryl/α,β-unsaturated/α-hetero) is 1. The van der Waals surface area contributed by atoms with Crippen LogP contribution in [0.5, 0.6) is 0 Å². The molecular weight excluding hydrogens is 236 g/mol. The van der Waals surface area contributed by atoms with Crippen LogP contribution in [0.15, 0.2) is 35.5 Å². The molecular formula is C11H12N4O3. The quantitative estimate of drug-likeness (QED) is 0.605. The summed E-state index contributed by atoms with van der Waals surface area (Å²) in [5.41, 5.74) is 0. The molecule has 0 radical (unpaired) electrons. The molecule has 0 bridgehead atoms. The Morgan fingerprint density at radius 2 is 2.39 bits per heavy atom. The van der Waals surface area contributed by atoms with E-state index in [4.69, 9.17) is 4.42 Å². The van der Waals surface area contributed by atoms with Gasteiger partial charge in [0.15, 0.2) is 5.76 Å². The zero-order chi connectivity index (χ0) is 13.0. The molecule has 1 N–H and O–H groups in total. The molecule has 18 heavy (non-hydrogen) atoms. The summed E-state index contributed by atoms with van der Waals surface area (Å²) in [4.78, 5) is 27.0. The highest BCUT2D eigenvalue weighted by Gasteiger charge is 2.20. The first kappa shape index (κ1) is 12.0. The second-order valence-electron chi connectivity index (χ2n) is 3.80. The average molecular weight is 248 g/mol. The zero-order valence-corrected chi connectivity index (χ0v) is 9.74. The highest BCUT2D eigenvalue weighted by molar-refractivity contribution is 6.42. The number of nitrogens with zero attached hydrogens (tertiary/aromatic N) is 3. The molecule has 0 aliphatic rings. The van der Waals surface area contributed by atoms with Crippen molar-refractivity contribution in [2.45, 2.75) is 19.5 Å². The van der Waals surface area contributed by atoms with Gasteiger partial charge in [0.1, 0.15) is 12.7 Å². The van der Waals surface area contributed by atoms with Crippen LogP contribution in [0.2, 0.25) is 0 Å². The van der Waals surface area contributed by atoms with Gasteiger partial charge in [0.25, 0.3) is 11.7 Å². The summed E-state index contributed by atoms with van der Waals surface area (Å²) in [5.74, 6) is -1.36. The van der Waals surface area contributed by atoms with Crippen molar-refractivity contribution in [1.29, 1.82) is 0 Å². The third kappa shape index (κ3) is 2.82. The number of ketones is 1. The number of aromatic nitrogens is 3. The molecule has 0 spiro atoms. The minimum Gasteiger partial charge on any atom is -0.461 e. The Hall–Kier alpha value is -2.44. The number of hydrogen-bond donors (Lipinski definition) is 1. The largest absolute Gasteiger partial charge is 0.461 e. The minimum absolute atomic E-state index is 0.0282. The maximum Gasteiger partial charge on any atom is 0.296 e. The van der Waals surface area contributed by atoms with Gasteiger partial charge >= 0.3 is 0 Å². The zero-order valence-electron chi connectivity index (χ0n) is 9.74. The van der Waals surface area contributed by atoms with E-state index in [1.165, 1.54) is 25.0 Å². The van der Waals surface area contributed by atoms with Gasteiger partial charge in [0.2, 0.25) is 0 Å².